The molecule has 1 atom stereocenters. The number of anilines is 2. The van der Waals surface area contributed by atoms with Crippen LogP contribution in [0.4, 0.5) is 29.3 Å². The van der Waals surface area contributed by atoms with E-state index in [9.17, 15) is 23.2 Å². The van der Waals surface area contributed by atoms with Gasteiger partial charge in [0.05, 0.1) is 47.6 Å². The van der Waals surface area contributed by atoms with Crippen LogP contribution in [0.2, 0.25) is 0 Å². The molecule has 172 valence electrons. The molecule has 0 aromatic carbocycles. The molecule has 1 N–H and O–H groups in total. The summed E-state index contributed by atoms with van der Waals surface area (Å²) >= 11 is 0. The highest BCUT2D eigenvalue weighted by Crippen LogP contribution is 2.49. The second-order valence-corrected chi connectivity index (χ2v) is 7.92. The molecule has 1 aliphatic heterocycles. The molecule has 2 amide bonds. The maximum atomic E-state index is 14.2. The van der Waals surface area contributed by atoms with Crippen molar-refractivity contribution in [1.29, 1.82) is 5.26 Å². The summed E-state index contributed by atoms with van der Waals surface area (Å²) in [6, 6.07) is 4.00. The van der Waals surface area contributed by atoms with E-state index < -0.39 is 24.2 Å². The van der Waals surface area contributed by atoms with Crippen molar-refractivity contribution in [2.45, 2.75) is 25.4 Å². The van der Waals surface area contributed by atoms with Crippen molar-refractivity contribution in [1.82, 2.24) is 34.6 Å². The SMILES string of the molecule is Cc1cc2ncc3c(n2n1)[C@](C)(C(F)(F)F)CN3C(=O)Nc1cnc(-n2nccn2)c(C#N)c1. The summed E-state index contributed by atoms with van der Waals surface area (Å²) in [5.74, 6) is 0.141. The van der Waals surface area contributed by atoms with E-state index in [2.05, 4.69) is 30.6 Å². The van der Waals surface area contributed by atoms with Crippen LogP contribution in [0, 0.1) is 18.3 Å². The summed E-state index contributed by atoms with van der Waals surface area (Å²) < 4.78 is 43.8. The van der Waals surface area contributed by atoms with Crippen LogP contribution < -0.4 is 10.2 Å². The number of nitriles is 1. The van der Waals surface area contributed by atoms with Gasteiger partial charge in [0.25, 0.3) is 0 Å². The minimum atomic E-state index is -4.67. The van der Waals surface area contributed by atoms with E-state index in [1.54, 1.807) is 13.0 Å². The number of hydrogen-bond donors (Lipinski definition) is 1. The van der Waals surface area contributed by atoms with Crippen LogP contribution in [-0.2, 0) is 5.41 Å². The van der Waals surface area contributed by atoms with E-state index in [-0.39, 0.29) is 34.1 Å². The number of rotatable bonds is 2. The van der Waals surface area contributed by atoms with Crippen molar-refractivity contribution >= 4 is 23.1 Å². The monoisotopic (exact) mass is 468 g/mol. The van der Waals surface area contributed by atoms with Crippen molar-refractivity contribution in [2.24, 2.45) is 0 Å². The third kappa shape index (κ3) is 3.12. The number of nitrogens with zero attached hydrogens (tertiary/aromatic N) is 9. The molecule has 0 fully saturated rings. The number of halogens is 3. The van der Waals surface area contributed by atoms with Crippen molar-refractivity contribution in [3.8, 4) is 11.9 Å². The van der Waals surface area contributed by atoms with Gasteiger partial charge in [-0.15, -0.1) is 4.80 Å². The summed E-state index contributed by atoms with van der Waals surface area (Å²) in [5.41, 5.74) is -1.65. The zero-order chi connectivity index (χ0) is 24.3. The van der Waals surface area contributed by atoms with E-state index in [1.807, 2.05) is 6.07 Å². The molecule has 0 radical (unpaired) electrons. The standard InChI is InChI=1S/C20H15F3N10O/c1-11-5-15-25-9-14-16(32(15)30-11)19(2,20(21,22)23)10-31(14)18(34)29-13-6-12(7-24)17(26-8-13)33-27-3-4-28-33/h3-6,8-9H,10H2,1-2H3,(H,29,34)/t19-/m1/s1. The number of carbonyl (C=O) groups excluding carboxylic acids is 1. The number of aromatic nitrogens is 7. The molecule has 5 heterocycles. The van der Waals surface area contributed by atoms with Crippen LogP contribution in [0.3, 0.4) is 0 Å². The maximum Gasteiger partial charge on any atom is 0.401 e. The van der Waals surface area contributed by atoms with E-state index in [1.165, 1.54) is 30.9 Å². The fraction of sp³-hybridized carbons (Fsp3) is 0.250. The number of urea groups is 1. The van der Waals surface area contributed by atoms with Crippen molar-refractivity contribution in [3.05, 3.63) is 53.9 Å². The Morgan fingerprint density at radius 1 is 1.21 bits per heavy atom. The number of pyridine rings is 1. The number of fused-ring (bicyclic) bond motifs is 3. The first-order chi connectivity index (χ1) is 16.1. The van der Waals surface area contributed by atoms with E-state index >= 15 is 0 Å². The van der Waals surface area contributed by atoms with Crippen LogP contribution >= 0.6 is 0 Å². The quantitative estimate of drug-likeness (QED) is 0.479. The molecule has 0 saturated heterocycles. The molecule has 0 spiro atoms. The average molecular weight is 468 g/mol. The second-order valence-electron chi connectivity index (χ2n) is 7.92. The van der Waals surface area contributed by atoms with Crippen LogP contribution in [-0.4, -0.2) is 53.3 Å². The molecule has 14 heteroatoms. The number of aryl methyl sites for hydroxylation is 1. The number of alkyl halides is 3. The number of amides is 2. The zero-order valence-electron chi connectivity index (χ0n) is 17.7. The van der Waals surface area contributed by atoms with Crippen LogP contribution in [0.25, 0.3) is 11.5 Å². The second kappa shape index (κ2) is 7.24. The first kappa shape index (κ1) is 21.3. The van der Waals surface area contributed by atoms with Crippen LogP contribution in [0.1, 0.15) is 23.9 Å². The third-order valence-electron chi connectivity index (χ3n) is 5.59. The van der Waals surface area contributed by atoms with E-state index in [0.29, 0.717) is 5.69 Å². The molecule has 4 aromatic heterocycles. The highest BCUT2D eigenvalue weighted by molar-refractivity contribution is 6.03. The van der Waals surface area contributed by atoms with E-state index in [4.69, 9.17) is 0 Å². The number of carbonyl (C=O) groups is 1. The van der Waals surface area contributed by atoms with Gasteiger partial charge in [0.1, 0.15) is 17.0 Å². The van der Waals surface area contributed by atoms with Gasteiger partial charge in [0.15, 0.2) is 11.5 Å². The minimum Gasteiger partial charge on any atom is -0.306 e. The molecule has 0 bridgehead atoms. The normalized spacial score (nSPS) is 17.6. The molecule has 4 aromatic rings. The Morgan fingerprint density at radius 2 is 1.94 bits per heavy atom. The Morgan fingerprint density at radius 3 is 2.62 bits per heavy atom. The third-order valence-corrected chi connectivity index (χ3v) is 5.59. The molecule has 0 aliphatic carbocycles. The van der Waals surface area contributed by atoms with Gasteiger partial charge >= 0.3 is 12.2 Å². The predicted octanol–water partition coefficient (Wildman–Crippen LogP) is 2.76. The molecule has 5 rings (SSSR count). The van der Waals surface area contributed by atoms with E-state index in [0.717, 1.165) is 21.1 Å². The van der Waals surface area contributed by atoms with Gasteiger partial charge < -0.3 is 5.32 Å². The number of hydrogen-bond acceptors (Lipinski definition) is 7. The van der Waals surface area contributed by atoms with Gasteiger partial charge in [-0.25, -0.2) is 19.3 Å². The Balaban J connectivity index is 1.53. The highest BCUT2D eigenvalue weighted by atomic mass is 19.4. The van der Waals surface area contributed by atoms with Crippen LogP contribution in [0.5, 0.6) is 0 Å². The largest absolute Gasteiger partial charge is 0.401 e. The predicted molar refractivity (Wildman–Crippen MR) is 111 cm³/mol. The summed E-state index contributed by atoms with van der Waals surface area (Å²) in [6.07, 6.45) is 0.641. The lowest BCUT2D eigenvalue weighted by Gasteiger charge is -2.28. The fourth-order valence-corrected chi connectivity index (χ4v) is 3.92. The van der Waals surface area contributed by atoms with Crippen molar-refractivity contribution in [2.75, 3.05) is 16.8 Å². The lowest BCUT2D eigenvalue weighted by Crippen LogP contribution is -2.46. The van der Waals surface area contributed by atoms with Gasteiger partial charge in [-0.1, -0.05) is 0 Å². The van der Waals surface area contributed by atoms with Gasteiger partial charge in [-0.05, 0) is 19.9 Å². The smallest absolute Gasteiger partial charge is 0.306 e. The molecule has 0 saturated carbocycles. The van der Waals surface area contributed by atoms with Crippen LogP contribution in [0.15, 0.2) is 36.9 Å². The molecular weight excluding hydrogens is 453 g/mol. The molecule has 1 aliphatic rings. The maximum absolute atomic E-state index is 14.2. The van der Waals surface area contributed by atoms with Gasteiger partial charge in [-0.3, -0.25) is 4.90 Å². The Hall–Kier alpha value is -4.54. The highest BCUT2D eigenvalue weighted by Gasteiger charge is 2.60. The molecular formula is C20H15F3N10O. The van der Waals surface area contributed by atoms with Gasteiger partial charge in [0.2, 0.25) is 0 Å². The lowest BCUT2D eigenvalue weighted by molar-refractivity contribution is -0.181. The number of nitrogens with one attached hydrogen (secondary N) is 1. The average Bonchev–Trinajstić information content (AvgIpc) is 3.50. The Bertz CT molecular complexity index is 1470. The Labute approximate surface area is 189 Å². The van der Waals surface area contributed by atoms with Gasteiger partial charge in [0, 0.05) is 12.6 Å². The summed E-state index contributed by atoms with van der Waals surface area (Å²) in [4.78, 5) is 23.5. The summed E-state index contributed by atoms with van der Waals surface area (Å²) in [7, 11) is 0. The topological polar surface area (TPSA) is 130 Å². The Kier molecular flexibility index (Phi) is 4.54. The first-order valence-electron chi connectivity index (χ1n) is 9.90. The van der Waals surface area contributed by atoms with Gasteiger partial charge in [-0.2, -0.15) is 33.7 Å². The lowest BCUT2D eigenvalue weighted by atomic mass is 9.88. The molecule has 34 heavy (non-hydrogen) atoms. The fourth-order valence-electron chi connectivity index (χ4n) is 3.92. The summed E-state index contributed by atoms with van der Waals surface area (Å²) in [5, 5.41) is 24.0. The van der Waals surface area contributed by atoms with Crippen molar-refractivity contribution in [3.63, 3.8) is 0 Å². The summed E-state index contributed by atoms with van der Waals surface area (Å²) in [6.45, 7) is 2.00. The molecule has 0 unspecified atom stereocenters. The first-order valence-corrected chi connectivity index (χ1v) is 9.90. The minimum absolute atomic E-state index is 0.0150. The molecule has 11 nitrogen and oxygen atoms in total. The zero-order valence-corrected chi connectivity index (χ0v) is 17.7. The van der Waals surface area contributed by atoms with Crippen molar-refractivity contribution < 1.29 is 18.0 Å².